The van der Waals surface area contributed by atoms with Gasteiger partial charge in [0.15, 0.2) is 0 Å². The first-order valence-corrected chi connectivity index (χ1v) is 13.0. The van der Waals surface area contributed by atoms with Crippen LogP contribution in [0.15, 0.2) is 0 Å². The van der Waals surface area contributed by atoms with Crippen molar-refractivity contribution >= 4 is 0 Å². The smallest absolute Gasteiger partial charge is 0.0971 e. The third kappa shape index (κ3) is 3.34. The van der Waals surface area contributed by atoms with Crippen molar-refractivity contribution in [1.29, 1.82) is 0 Å². The number of hydrogen-bond acceptors (Lipinski definition) is 2. The molecule has 0 aromatic carbocycles. The van der Waals surface area contributed by atoms with Crippen LogP contribution in [0.25, 0.3) is 0 Å². The number of fused-ring (bicyclic) bond motifs is 5. The largest absolute Gasteiger partial charge is 0.390 e. The van der Waals surface area contributed by atoms with Crippen molar-refractivity contribution in [3.8, 4) is 0 Å². The predicted octanol–water partition coefficient (Wildman–Crippen LogP) is 6.58. The Bertz CT molecular complexity index is 587. The highest BCUT2D eigenvalue weighted by Gasteiger charge is 2.69. The van der Waals surface area contributed by atoms with E-state index in [2.05, 4.69) is 34.6 Å². The highest BCUT2D eigenvalue weighted by Crippen LogP contribution is 2.69. The molecular weight excluding hydrogens is 356 g/mol. The fourth-order valence-electron chi connectivity index (χ4n) is 9.35. The summed E-state index contributed by atoms with van der Waals surface area (Å²) >= 11 is 0. The number of hydrogen-bond donors (Lipinski definition) is 2. The molecule has 2 nitrogen and oxygen atoms in total. The molecule has 4 rings (SSSR count). The van der Waals surface area contributed by atoms with E-state index in [1.807, 2.05) is 0 Å². The highest BCUT2D eigenvalue weighted by molar-refractivity contribution is 5.18. The lowest BCUT2D eigenvalue weighted by molar-refractivity contribution is -0.267. The van der Waals surface area contributed by atoms with Gasteiger partial charge in [-0.3, -0.25) is 0 Å². The summed E-state index contributed by atoms with van der Waals surface area (Å²) in [5.74, 6) is 3.47. The molecule has 168 valence electrons. The predicted molar refractivity (Wildman–Crippen MR) is 121 cm³/mol. The second kappa shape index (κ2) is 7.80. The molecule has 4 fully saturated rings. The number of rotatable bonds is 5. The van der Waals surface area contributed by atoms with E-state index >= 15 is 0 Å². The van der Waals surface area contributed by atoms with Crippen LogP contribution in [0.5, 0.6) is 0 Å². The Labute approximate surface area is 180 Å². The van der Waals surface area contributed by atoms with Gasteiger partial charge in [0.1, 0.15) is 0 Å². The van der Waals surface area contributed by atoms with E-state index in [1.54, 1.807) is 0 Å². The zero-order valence-electron chi connectivity index (χ0n) is 19.9. The molecule has 2 heteroatoms. The number of aliphatic hydroxyl groups is 2. The molecule has 9 unspecified atom stereocenters. The summed E-state index contributed by atoms with van der Waals surface area (Å²) in [6.45, 7) is 12.1. The molecule has 0 aromatic heterocycles. The Kier molecular flexibility index (Phi) is 5.95. The molecule has 29 heavy (non-hydrogen) atoms. The van der Waals surface area contributed by atoms with Crippen molar-refractivity contribution in [2.75, 3.05) is 0 Å². The van der Waals surface area contributed by atoms with E-state index < -0.39 is 11.7 Å². The Morgan fingerprint density at radius 3 is 2.31 bits per heavy atom. The second-order valence-electron chi connectivity index (χ2n) is 12.7. The standard InChI is InChI=1S/C27H48O2/c1-18(2)9-8-10-19(3)21-12-13-22-26(21,5)16-14-23-25(4)15-7-6-11-20(25)17-24(28)27(22,23)29/h18-24,28-29H,6-17H2,1-5H3. The van der Waals surface area contributed by atoms with Crippen molar-refractivity contribution in [2.45, 2.75) is 123 Å². The van der Waals surface area contributed by atoms with Crippen LogP contribution < -0.4 is 0 Å². The molecule has 0 saturated heterocycles. The maximum absolute atomic E-state index is 12.3. The summed E-state index contributed by atoms with van der Waals surface area (Å²) < 4.78 is 0. The fourth-order valence-corrected chi connectivity index (χ4v) is 9.35. The van der Waals surface area contributed by atoms with Gasteiger partial charge in [-0.1, -0.05) is 66.7 Å². The maximum Gasteiger partial charge on any atom is 0.0971 e. The van der Waals surface area contributed by atoms with Crippen LogP contribution in [0.2, 0.25) is 0 Å². The van der Waals surface area contributed by atoms with E-state index in [-0.39, 0.29) is 10.8 Å². The Morgan fingerprint density at radius 1 is 0.862 bits per heavy atom. The zero-order chi connectivity index (χ0) is 21.0. The van der Waals surface area contributed by atoms with Crippen LogP contribution in [-0.2, 0) is 0 Å². The summed E-state index contributed by atoms with van der Waals surface area (Å²) in [6.07, 6.45) is 14.2. The van der Waals surface area contributed by atoms with Crippen molar-refractivity contribution in [2.24, 2.45) is 46.3 Å². The Balaban J connectivity index is 1.56. The van der Waals surface area contributed by atoms with Gasteiger partial charge in [-0.25, -0.2) is 0 Å². The molecule has 0 aromatic rings. The molecule has 9 atom stereocenters. The van der Waals surface area contributed by atoms with Gasteiger partial charge in [-0.05, 0) is 91.3 Å². The van der Waals surface area contributed by atoms with Crippen LogP contribution in [0.4, 0.5) is 0 Å². The van der Waals surface area contributed by atoms with Gasteiger partial charge < -0.3 is 10.2 Å². The molecule has 0 heterocycles. The number of aliphatic hydroxyl groups excluding tert-OH is 1. The van der Waals surface area contributed by atoms with Crippen molar-refractivity contribution in [3.63, 3.8) is 0 Å². The average molecular weight is 405 g/mol. The van der Waals surface area contributed by atoms with E-state index in [4.69, 9.17) is 0 Å². The van der Waals surface area contributed by atoms with E-state index in [0.29, 0.717) is 23.7 Å². The minimum absolute atomic E-state index is 0.210. The minimum Gasteiger partial charge on any atom is -0.390 e. The lowest BCUT2D eigenvalue weighted by Gasteiger charge is -2.66. The van der Waals surface area contributed by atoms with Gasteiger partial charge in [-0.15, -0.1) is 0 Å². The monoisotopic (exact) mass is 404 g/mol. The first-order valence-electron chi connectivity index (χ1n) is 13.0. The first-order chi connectivity index (χ1) is 13.6. The SMILES string of the molecule is CC(C)CCCC(C)C1CCC2C1(C)CCC1C3(C)CCCCC3CC(O)C12O. The van der Waals surface area contributed by atoms with Gasteiger partial charge in [0, 0.05) is 0 Å². The highest BCUT2D eigenvalue weighted by atomic mass is 16.3. The Hall–Kier alpha value is -0.0800. The van der Waals surface area contributed by atoms with Crippen molar-refractivity contribution in [1.82, 2.24) is 0 Å². The fraction of sp³-hybridized carbons (Fsp3) is 1.00. The van der Waals surface area contributed by atoms with E-state index in [1.165, 1.54) is 57.8 Å². The van der Waals surface area contributed by atoms with Crippen LogP contribution >= 0.6 is 0 Å². The normalized spacial score (nSPS) is 50.7. The van der Waals surface area contributed by atoms with Crippen LogP contribution in [0, 0.1) is 46.3 Å². The summed E-state index contributed by atoms with van der Waals surface area (Å²) in [4.78, 5) is 0. The van der Waals surface area contributed by atoms with Gasteiger partial charge in [0.05, 0.1) is 11.7 Å². The lowest BCUT2D eigenvalue weighted by Crippen LogP contribution is -2.69. The van der Waals surface area contributed by atoms with Crippen LogP contribution in [0.3, 0.4) is 0 Å². The zero-order valence-corrected chi connectivity index (χ0v) is 19.9. The van der Waals surface area contributed by atoms with Crippen molar-refractivity contribution < 1.29 is 10.2 Å². The molecular formula is C27H48O2. The summed E-state index contributed by atoms with van der Waals surface area (Å²) in [6, 6.07) is 0. The second-order valence-corrected chi connectivity index (χ2v) is 12.7. The Morgan fingerprint density at radius 2 is 1.59 bits per heavy atom. The van der Waals surface area contributed by atoms with Gasteiger partial charge in [-0.2, -0.15) is 0 Å². The third-order valence-electron chi connectivity index (χ3n) is 10.9. The van der Waals surface area contributed by atoms with E-state index in [0.717, 1.165) is 31.1 Å². The molecule has 0 radical (unpaired) electrons. The summed E-state index contributed by atoms with van der Waals surface area (Å²) in [5.41, 5.74) is -0.391. The summed E-state index contributed by atoms with van der Waals surface area (Å²) in [7, 11) is 0. The van der Waals surface area contributed by atoms with Gasteiger partial charge in [0.25, 0.3) is 0 Å². The molecule has 0 bridgehead atoms. The molecule has 0 spiro atoms. The average Bonchev–Trinajstić information content (AvgIpc) is 3.01. The molecule has 4 aliphatic carbocycles. The lowest BCUT2D eigenvalue weighted by atomic mass is 9.42. The maximum atomic E-state index is 12.3. The minimum atomic E-state index is -0.845. The molecule has 0 aliphatic heterocycles. The molecule has 2 N–H and O–H groups in total. The molecule has 4 aliphatic rings. The first kappa shape index (κ1) is 22.1. The third-order valence-corrected chi connectivity index (χ3v) is 10.9. The quantitative estimate of drug-likeness (QED) is 0.543. The molecule has 0 amide bonds. The molecule has 4 saturated carbocycles. The van der Waals surface area contributed by atoms with Crippen LogP contribution in [0.1, 0.15) is 112 Å². The van der Waals surface area contributed by atoms with Crippen molar-refractivity contribution in [3.05, 3.63) is 0 Å². The topological polar surface area (TPSA) is 40.5 Å². The summed E-state index contributed by atoms with van der Waals surface area (Å²) in [5, 5.41) is 23.7. The van der Waals surface area contributed by atoms with E-state index in [9.17, 15) is 10.2 Å². The van der Waals surface area contributed by atoms with Gasteiger partial charge >= 0.3 is 0 Å². The van der Waals surface area contributed by atoms with Crippen LogP contribution in [-0.4, -0.2) is 21.9 Å². The van der Waals surface area contributed by atoms with Gasteiger partial charge in [0.2, 0.25) is 0 Å².